The predicted octanol–water partition coefficient (Wildman–Crippen LogP) is 3.72. The Kier molecular flexibility index (Phi) is 6.77. The SMILES string of the molecule is C[C@H](Oc1nc(-c2noc3c2CCC[C@@]32CCCCC2=O)nc2c1n(C)c(=O)n2[C@@H]1CCCOC1)[C@@H]1CCCN1C. The third-order valence-corrected chi connectivity index (χ3v) is 10.1. The third-order valence-electron chi connectivity index (χ3n) is 10.1. The summed E-state index contributed by atoms with van der Waals surface area (Å²) in [6.07, 6.45) is 9.52. The Balaban J connectivity index is 1.39. The Morgan fingerprint density at radius 1 is 1.02 bits per heavy atom. The van der Waals surface area contributed by atoms with Gasteiger partial charge in [-0.05, 0) is 78.3 Å². The van der Waals surface area contributed by atoms with Crippen LogP contribution < -0.4 is 10.4 Å². The molecular weight excluding hydrogens is 524 g/mol. The fourth-order valence-electron chi connectivity index (χ4n) is 7.83. The topological polar surface area (TPSA) is 118 Å². The smallest absolute Gasteiger partial charge is 0.330 e. The minimum atomic E-state index is -0.587. The van der Waals surface area contributed by atoms with Crippen molar-refractivity contribution in [3.8, 4) is 17.4 Å². The summed E-state index contributed by atoms with van der Waals surface area (Å²) in [5.74, 6) is 1.71. The average molecular weight is 565 g/mol. The van der Waals surface area contributed by atoms with Crippen LogP contribution in [-0.4, -0.2) is 73.9 Å². The van der Waals surface area contributed by atoms with E-state index in [0.717, 1.165) is 76.3 Å². The molecule has 0 N–H and O–H groups in total. The molecule has 4 aliphatic rings. The lowest BCUT2D eigenvalue weighted by atomic mass is 9.64. The van der Waals surface area contributed by atoms with Gasteiger partial charge in [-0.2, -0.15) is 4.98 Å². The van der Waals surface area contributed by atoms with E-state index >= 15 is 0 Å². The van der Waals surface area contributed by atoms with Crippen LogP contribution in [0.5, 0.6) is 5.88 Å². The lowest BCUT2D eigenvalue weighted by Crippen LogP contribution is -2.41. The summed E-state index contributed by atoms with van der Waals surface area (Å²) in [4.78, 5) is 39.2. The number of carbonyl (C=O) groups excluding carboxylic acids is 1. The summed E-state index contributed by atoms with van der Waals surface area (Å²) in [6.45, 7) is 4.26. The largest absolute Gasteiger partial charge is 0.471 e. The second kappa shape index (κ2) is 10.3. The quantitative estimate of drug-likeness (QED) is 0.457. The molecule has 11 nitrogen and oxygen atoms in total. The Morgan fingerprint density at radius 3 is 2.63 bits per heavy atom. The molecule has 2 aliphatic heterocycles. The first kappa shape index (κ1) is 26.8. The number of nitrogens with zero attached hydrogens (tertiary/aromatic N) is 6. The highest BCUT2D eigenvalue weighted by atomic mass is 16.5. The number of ketones is 1. The molecule has 0 amide bonds. The van der Waals surface area contributed by atoms with Crippen molar-refractivity contribution in [2.24, 2.45) is 7.05 Å². The van der Waals surface area contributed by atoms with Crippen LogP contribution in [0.4, 0.5) is 0 Å². The van der Waals surface area contributed by atoms with Gasteiger partial charge >= 0.3 is 5.69 Å². The molecule has 41 heavy (non-hydrogen) atoms. The Morgan fingerprint density at radius 2 is 1.88 bits per heavy atom. The molecule has 11 heteroatoms. The molecule has 3 fully saturated rings. The van der Waals surface area contributed by atoms with Crippen molar-refractivity contribution in [2.75, 3.05) is 26.8 Å². The highest BCUT2D eigenvalue weighted by Gasteiger charge is 2.48. The lowest BCUT2D eigenvalue weighted by Gasteiger charge is -2.36. The first-order chi connectivity index (χ1) is 19.9. The summed E-state index contributed by atoms with van der Waals surface area (Å²) in [5, 5.41) is 4.51. The zero-order valence-corrected chi connectivity index (χ0v) is 24.4. The first-order valence-corrected chi connectivity index (χ1v) is 15.4. The highest BCUT2D eigenvalue weighted by Crippen LogP contribution is 2.47. The van der Waals surface area contributed by atoms with E-state index in [1.54, 1.807) is 16.2 Å². The number of hydrogen-bond acceptors (Lipinski definition) is 9. The van der Waals surface area contributed by atoms with Crippen LogP contribution in [0.15, 0.2) is 9.32 Å². The number of Topliss-reactive ketones (excluding diaryl/α,β-unsaturated/α-hetero) is 1. The van der Waals surface area contributed by atoms with Crippen LogP contribution in [0.2, 0.25) is 0 Å². The van der Waals surface area contributed by atoms with Gasteiger partial charge in [-0.3, -0.25) is 18.8 Å². The molecular formula is C30H40N6O5. The zero-order chi connectivity index (χ0) is 28.3. The Hall–Kier alpha value is -3.05. The minimum Gasteiger partial charge on any atom is -0.471 e. The number of rotatable bonds is 5. The van der Waals surface area contributed by atoms with E-state index in [1.807, 2.05) is 0 Å². The van der Waals surface area contributed by atoms with Gasteiger partial charge in [0.1, 0.15) is 11.9 Å². The second-order valence-corrected chi connectivity index (χ2v) is 12.5. The van der Waals surface area contributed by atoms with Gasteiger partial charge in [-0.1, -0.05) is 11.6 Å². The molecule has 0 aromatic carbocycles. The van der Waals surface area contributed by atoms with Gasteiger partial charge in [0.15, 0.2) is 28.4 Å². The van der Waals surface area contributed by atoms with Gasteiger partial charge in [-0.25, -0.2) is 9.78 Å². The number of likely N-dealkylation sites (tertiary alicyclic amines) is 1. The number of imidazole rings is 1. The fraction of sp³-hybridized carbons (Fsp3) is 0.700. The van der Waals surface area contributed by atoms with E-state index in [9.17, 15) is 9.59 Å². The second-order valence-electron chi connectivity index (χ2n) is 12.5. The molecule has 1 saturated carbocycles. The van der Waals surface area contributed by atoms with E-state index in [0.29, 0.717) is 54.0 Å². The molecule has 220 valence electrons. The van der Waals surface area contributed by atoms with Gasteiger partial charge in [0, 0.05) is 31.7 Å². The molecule has 7 rings (SSSR count). The van der Waals surface area contributed by atoms with Crippen molar-refractivity contribution in [1.29, 1.82) is 0 Å². The summed E-state index contributed by atoms with van der Waals surface area (Å²) >= 11 is 0. The fourth-order valence-corrected chi connectivity index (χ4v) is 7.83. The number of ether oxygens (including phenoxy) is 2. The molecule has 2 saturated heterocycles. The molecule has 2 aliphatic carbocycles. The standard InChI is InChI=1S/C30H40N6O5/c1-18(21-11-7-15-34(21)2)40-28-24-27(36(29(38)35(24)3)19-9-8-16-39-17-19)31-26(32-28)23-20-10-6-14-30(25(20)41-33-23)13-5-4-12-22(30)37/h18-19,21H,4-17H2,1-3H3/t18-,19+,21-,30+/m0/s1. The first-order valence-electron chi connectivity index (χ1n) is 15.4. The van der Waals surface area contributed by atoms with Crippen molar-refractivity contribution in [1.82, 2.24) is 29.2 Å². The molecule has 1 spiro atoms. The molecule has 5 heterocycles. The summed E-state index contributed by atoms with van der Waals surface area (Å²) in [6, 6.07) is 0.134. The van der Waals surface area contributed by atoms with Crippen LogP contribution in [0.25, 0.3) is 22.7 Å². The number of aromatic nitrogens is 5. The highest BCUT2D eigenvalue weighted by molar-refractivity contribution is 5.91. The predicted molar refractivity (Wildman–Crippen MR) is 151 cm³/mol. The van der Waals surface area contributed by atoms with E-state index < -0.39 is 5.41 Å². The van der Waals surface area contributed by atoms with Gasteiger partial charge in [0.2, 0.25) is 5.88 Å². The van der Waals surface area contributed by atoms with E-state index in [1.165, 1.54) is 0 Å². The van der Waals surface area contributed by atoms with Crippen LogP contribution in [0, 0.1) is 0 Å². The number of carbonyl (C=O) groups is 1. The maximum absolute atomic E-state index is 13.7. The van der Waals surface area contributed by atoms with Crippen molar-refractivity contribution in [2.45, 2.75) is 101 Å². The Labute approximate surface area is 239 Å². The number of hydrogen-bond donors (Lipinski definition) is 0. The minimum absolute atomic E-state index is 0.122. The van der Waals surface area contributed by atoms with Crippen molar-refractivity contribution in [3.63, 3.8) is 0 Å². The van der Waals surface area contributed by atoms with E-state index in [4.69, 9.17) is 24.0 Å². The van der Waals surface area contributed by atoms with Gasteiger partial charge in [0.25, 0.3) is 0 Å². The molecule has 0 unspecified atom stereocenters. The number of aryl methyl sites for hydroxylation is 1. The summed E-state index contributed by atoms with van der Waals surface area (Å²) in [7, 11) is 3.88. The summed E-state index contributed by atoms with van der Waals surface area (Å²) < 4.78 is 21.7. The van der Waals surface area contributed by atoms with Crippen molar-refractivity contribution in [3.05, 3.63) is 21.8 Å². The maximum atomic E-state index is 13.7. The average Bonchev–Trinajstić information content (AvgIpc) is 3.67. The van der Waals surface area contributed by atoms with Gasteiger partial charge in [-0.15, -0.1) is 0 Å². The molecule has 0 bridgehead atoms. The van der Waals surface area contributed by atoms with E-state index in [-0.39, 0.29) is 29.7 Å². The number of likely N-dealkylation sites (N-methyl/N-ethyl adjacent to an activating group) is 1. The third kappa shape index (κ3) is 4.26. The number of fused-ring (bicyclic) bond motifs is 3. The van der Waals surface area contributed by atoms with Crippen LogP contribution in [0.1, 0.15) is 88.5 Å². The monoisotopic (exact) mass is 564 g/mol. The lowest BCUT2D eigenvalue weighted by molar-refractivity contribution is -0.128. The van der Waals surface area contributed by atoms with Crippen LogP contribution in [-0.2, 0) is 28.4 Å². The molecule has 3 aromatic heterocycles. The van der Waals surface area contributed by atoms with Crippen LogP contribution in [0.3, 0.4) is 0 Å². The van der Waals surface area contributed by atoms with Crippen molar-refractivity contribution < 1.29 is 18.8 Å². The van der Waals surface area contributed by atoms with Crippen LogP contribution >= 0.6 is 0 Å². The van der Waals surface area contributed by atoms with Gasteiger partial charge in [0.05, 0.1) is 18.1 Å². The molecule has 4 atom stereocenters. The van der Waals surface area contributed by atoms with Crippen molar-refractivity contribution >= 4 is 16.9 Å². The van der Waals surface area contributed by atoms with Gasteiger partial charge < -0.3 is 14.0 Å². The molecule has 3 aromatic rings. The Bertz CT molecular complexity index is 1530. The zero-order valence-electron chi connectivity index (χ0n) is 24.4. The maximum Gasteiger partial charge on any atom is 0.330 e. The summed E-state index contributed by atoms with van der Waals surface area (Å²) in [5.41, 5.74) is 1.83. The normalized spacial score (nSPS) is 27.9. The van der Waals surface area contributed by atoms with E-state index in [2.05, 4.69) is 24.0 Å². The molecule has 0 radical (unpaired) electrons.